The molecule has 0 radical (unpaired) electrons. The van der Waals surface area contributed by atoms with E-state index in [1.54, 1.807) is 6.92 Å². The Balaban J connectivity index is -0.00000145. The van der Waals surface area contributed by atoms with Crippen molar-refractivity contribution in [2.24, 2.45) is 5.92 Å². The van der Waals surface area contributed by atoms with E-state index < -0.39 is 66.8 Å². The van der Waals surface area contributed by atoms with Gasteiger partial charge in [0.1, 0.15) is 12.1 Å². The number of carboxylic acid groups (broad SMARTS) is 1. The van der Waals surface area contributed by atoms with Crippen molar-refractivity contribution in [2.75, 3.05) is 39.8 Å². The predicted octanol–water partition coefficient (Wildman–Crippen LogP) is -0.895. The molecular weight excluding hydrogens is 602 g/mol. The van der Waals surface area contributed by atoms with E-state index in [4.69, 9.17) is 5.11 Å². The third kappa shape index (κ3) is 24.5. The van der Waals surface area contributed by atoms with E-state index in [2.05, 4.69) is 52.7 Å². The number of aliphatic carboxylic acids is 1. The van der Waals surface area contributed by atoms with Crippen LogP contribution in [0.5, 0.6) is 0 Å². The third-order valence-corrected chi connectivity index (χ3v) is 5.49. The summed E-state index contributed by atoms with van der Waals surface area (Å²) in [7, 11) is 1.41. The van der Waals surface area contributed by atoms with Crippen LogP contribution in [-0.2, 0) is 33.6 Å². The van der Waals surface area contributed by atoms with Crippen LogP contribution in [0.1, 0.15) is 81.6 Å². The zero-order valence-electron chi connectivity index (χ0n) is 29.2. The average Bonchev–Trinajstić information content (AvgIpc) is 3.50. The van der Waals surface area contributed by atoms with E-state index in [0.717, 1.165) is 5.92 Å². The van der Waals surface area contributed by atoms with Gasteiger partial charge in [-0.1, -0.05) is 55.4 Å². The summed E-state index contributed by atoms with van der Waals surface area (Å²) in [6, 6.07) is -1.94. The molecule has 0 aromatic heterocycles. The van der Waals surface area contributed by atoms with Crippen LogP contribution >= 0.6 is 0 Å². The minimum absolute atomic E-state index is 0.108. The highest BCUT2D eigenvalue weighted by molar-refractivity contribution is 5.94. The Labute approximate surface area is 273 Å². The number of aliphatic hydroxyl groups is 1. The molecule has 0 spiro atoms. The lowest BCUT2D eigenvalue weighted by molar-refractivity contribution is -0.138. The number of likely N-dealkylation sites (N-methyl/N-ethyl adjacent to an activating group) is 1. The second-order valence-corrected chi connectivity index (χ2v) is 10.9. The number of carbonyl (C=O) groups is 7. The van der Waals surface area contributed by atoms with E-state index in [9.17, 15) is 38.7 Å². The number of amides is 6. The molecule has 268 valence electrons. The van der Waals surface area contributed by atoms with Gasteiger partial charge in [0.05, 0.1) is 32.3 Å². The summed E-state index contributed by atoms with van der Waals surface area (Å²) < 4.78 is 0. The molecule has 1 aliphatic rings. The van der Waals surface area contributed by atoms with Gasteiger partial charge in [0.25, 0.3) is 0 Å². The van der Waals surface area contributed by atoms with Crippen LogP contribution < -0.4 is 31.9 Å². The van der Waals surface area contributed by atoms with Crippen molar-refractivity contribution < 1.29 is 43.8 Å². The zero-order chi connectivity index (χ0) is 36.4. The molecule has 3 atom stereocenters. The fourth-order valence-corrected chi connectivity index (χ4v) is 3.25. The maximum absolute atomic E-state index is 12.6. The van der Waals surface area contributed by atoms with Crippen LogP contribution in [0.3, 0.4) is 0 Å². The molecule has 0 saturated carbocycles. The van der Waals surface area contributed by atoms with Crippen LogP contribution in [0.4, 0.5) is 0 Å². The first kappa shape index (κ1) is 46.6. The highest BCUT2D eigenvalue weighted by atomic mass is 16.4. The summed E-state index contributed by atoms with van der Waals surface area (Å²) in [4.78, 5) is 83.2. The molecule has 0 aliphatic carbocycles. The Morgan fingerprint density at radius 1 is 0.804 bits per heavy atom. The summed E-state index contributed by atoms with van der Waals surface area (Å²) in [5, 5.41) is 32.3. The molecule has 6 amide bonds. The van der Waals surface area contributed by atoms with E-state index in [-0.39, 0.29) is 31.5 Å². The van der Waals surface area contributed by atoms with Crippen molar-refractivity contribution in [3.8, 4) is 0 Å². The number of hydrogen-bond acceptors (Lipinski definition) is 9. The summed E-state index contributed by atoms with van der Waals surface area (Å²) in [5.74, 6) is -3.21. The van der Waals surface area contributed by atoms with Crippen molar-refractivity contribution in [1.29, 1.82) is 0 Å². The zero-order valence-corrected chi connectivity index (χ0v) is 29.2. The Hall–Kier alpha value is -3.79. The number of carboxylic acids is 1. The van der Waals surface area contributed by atoms with E-state index in [1.165, 1.54) is 18.9 Å². The molecule has 1 aliphatic heterocycles. The third-order valence-electron chi connectivity index (χ3n) is 5.49. The minimum atomic E-state index is -1.38. The summed E-state index contributed by atoms with van der Waals surface area (Å²) in [5.41, 5.74) is 0. The molecule has 0 aromatic rings. The van der Waals surface area contributed by atoms with Gasteiger partial charge < -0.3 is 47.0 Å². The van der Waals surface area contributed by atoms with Crippen LogP contribution in [0.2, 0.25) is 0 Å². The van der Waals surface area contributed by atoms with Gasteiger partial charge in [0.2, 0.25) is 35.4 Å². The lowest BCUT2D eigenvalue weighted by Crippen LogP contribution is -2.56. The van der Waals surface area contributed by atoms with Crippen molar-refractivity contribution in [2.45, 2.75) is 106 Å². The first-order valence-corrected chi connectivity index (χ1v) is 15.7. The van der Waals surface area contributed by atoms with Gasteiger partial charge >= 0.3 is 5.97 Å². The molecule has 1 saturated heterocycles. The normalized spacial score (nSPS) is 14.5. The molecule has 8 N–H and O–H groups in total. The van der Waals surface area contributed by atoms with Crippen molar-refractivity contribution in [3.05, 3.63) is 0 Å². The lowest BCUT2D eigenvalue weighted by Gasteiger charge is -2.25. The number of carbonyl (C=O) groups excluding carboxylic acids is 6. The fraction of sp³-hybridized carbons (Fsp3) is 0.767. The number of aliphatic hydroxyl groups excluding tert-OH is 1. The molecule has 16 heteroatoms. The molecular formula is C30H59N7O9. The molecule has 3 unspecified atom stereocenters. The van der Waals surface area contributed by atoms with Crippen LogP contribution in [-0.4, -0.2) is 121 Å². The van der Waals surface area contributed by atoms with E-state index >= 15 is 0 Å². The number of hydrogen-bond donors (Lipinski definition) is 8. The second-order valence-electron chi connectivity index (χ2n) is 10.9. The Morgan fingerprint density at radius 2 is 1.30 bits per heavy atom. The molecule has 1 rings (SSSR count). The summed E-state index contributed by atoms with van der Waals surface area (Å²) in [6.45, 7) is 16.5. The standard InChI is InChI=1S/C21H37N7O7.C4H10.C3H6O2.C2H6/c1-12(2)23-11-18(33)28-7-5-6-14(28)20(34)25-10-17(32)27-19(13(3)29)21(35)26-9-16(31)24-8-15(30)22-4;1-4(2)3;1-2-3(4)5;1-2/h12-14,19,23,29H,5-11H2,1-4H3,(H,22,30)(H,24,31)(H,25,34)(H,26,35)(H,27,32);4H,1-3H3;2H2,1H3,(H,4,5);1-2H3. The lowest BCUT2D eigenvalue weighted by atomic mass is 10.1. The maximum Gasteiger partial charge on any atom is 0.303 e. The predicted molar refractivity (Wildman–Crippen MR) is 174 cm³/mol. The van der Waals surface area contributed by atoms with Crippen LogP contribution in [0.25, 0.3) is 0 Å². The van der Waals surface area contributed by atoms with Crippen LogP contribution in [0, 0.1) is 5.92 Å². The number of rotatable bonds is 14. The van der Waals surface area contributed by atoms with Gasteiger partial charge in [0, 0.05) is 26.1 Å². The number of nitrogens with one attached hydrogen (secondary N) is 6. The molecule has 1 fully saturated rings. The quantitative estimate of drug-likeness (QED) is 0.114. The molecule has 16 nitrogen and oxygen atoms in total. The van der Waals surface area contributed by atoms with Gasteiger partial charge in [-0.25, -0.2) is 0 Å². The monoisotopic (exact) mass is 661 g/mol. The molecule has 1 heterocycles. The highest BCUT2D eigenvalue weighted by Crippen LogP contribution is 2.17. The largest absolute Gasteiger partial charge is 0.481 e. The Morgan fingerprint density at radius 3 is 1.76 bits per heavy atom. The maximum atomic E-state index is 12.6. The number of likely N-dealkylation sites (tertiary alicyclic amines) is 1. The minimum Gasteiger partial charge on any atom is -0.481 e. The second kappa shape index (κ2) is 27.5. The Kier molecular flexibility index (Phi) is 27.9. The summed E-state index contributed by atoms with van der Waals surface area (Å²) in [6.07, 6.45) is 0.0697. The topological polar surface area (TPSA) is 235 Å². The van der Waals surface area contributed by atoms with Gasteiger partial charge in [-0.05, 0) is 25.7 Å². The molecule has 0 aromatic carbocycles. The summed E-state index contributed by atoms with van der Waals surface area (Å²) >= 11 is 0. The Bertz CT molecular complexity index is 941. The van der Waals surface area contributed by atoms with E-state index in [1.807, 2.05) is 27.7 Å². The first-order chi connectivity index (χ1) is 21.5. The van der Waals surface area contributed by atoms with Crippen LogP contribution in [0.15, 0.2) is 0 Å². The van der Waals surface area contributed by atoms with Gasteiger partial charge in [-0.15, -0.1) is 0 Å². The van der Waals surface area contributed by atoms with Crippen molar-refractivity contribution in [3.63, 3.8) is 0 Å². The smallest absolute Gasteiger partial charge is 0.303 e. The highest BCUT2D eigenvalue weighted by Gasteiger charge is 2.34. The SMILES string of the molecule is CC.CC(C)C.CCC(=O)O.CNC(=O)CNC(=O)CNC(=O)C(NC(=O)CNC(=O)C1CCCN1C(=O)CNC(C)C)C(C)O. The van der Waals surface area contributed by atoms with Gasteiger partial charge in [-0.2, -0.15) is 0 Å². The fourth-order valence-electron chi connectivity index (χ4n) is 3.25. The van der Waals surface area contributed by atoms with Crippen molar-refractivity contribution in [1.82, 2.24) is 36.8 Å². The van der Waals surface area contributed by atoms with Crippen molar-refractivity contribution >= 4 is 41.4 Å². The number of nitrogens with zero attached hydrogens (tertiary/aromatic N) is 1. The average molecular weight is 662 g/mol. The van der Waals surface area contributed by atoms with Gasteiger partial charge in [-0.3, -0.25) is 33.6 Å². The van der Waals surface area contributed by atoms with E-state index in [0.29, 0.717) is 19.4 Å². The molecule has 0 bridgehead atoms. The van der Waals surface area contributed by atoms with Gasteiger partial charge in [0.15, 0.2) is 0 Å². The first-order valence-electron chi connectivity index (χ1n) is 15.7. The molecule has 46 heavy (non-hydrogen) atoms.